The van der Waals surface area contributed by atoms with Crippen molar-refractivity contribution < 1.29 is 18.1 Å². The highest BCUT2D eigenvalue weighted by atomic mass is 35.5. The zero-order chi connectivity index (χ0) is 14.7. The second-order valence-corrected chi connectivity index (χ2v) is 8.16. The van der Waals surface area contributed by atoms with E-state index in [-0.39, 0.29) is 22.1 Å². The molecule has 0 amide bonds. The Labute approximate surface area is 128 Å². The molecule has 0 fully saturated rings. The Bertz CT molecular complexity index is 539. The first-order chi connectivity index (χ1) is 9.56. The largest absolute Gasteiger partial charge is 0.468 e. The molecule has 2 rings (SSSR count). The summed E-state index contributed by atoms with van der Waals surface area (Å²) in [7, 11) is -1.04. The Morgan fingerprint density at radius 1 is 1.60 bits per heavy atom. The first-order valence-corrected chi connectivity index (χ1v) is 8.77. The van der Waals surface area contributed by atoms with Crippen molar-refractivity contribution in [3.63, 3.8) is 0 Å². The molecule has 7 heteroatoms. The highest BCUT2D eigenvalue weighted by Gasteiger charge is 2.34. The average Bonchev–Trinajstić information content (AvgIpc) is 2.45. The second kappa shape index (κ2) is 6.91. The van der Waals surface area contributed by atoms with Crippen molar-refractivity contribution in [1.82, 2.24) is 0 Å². The molecule has 1 heterocycles. The lowest BCUT2D eigenvalue weighted by Crippen LogP contribution is -2.32. The van der Waals surface area contributed by atoms with Crippen molar-refractivity contribution in [3.05, 3.63) is 28.5 Å². The van der Waals surface area contributed by atoms with Crippen LogP contribution in [0.5, 0.6) is 0 Å². The maximum absolute atomic E-state index is 13.5. The van der Waals surface area contributed by atoms with Crippen molar-refractivity contribution in [3.8, 4) is 0 Å². The van der Waals surface area contributed by atoms with Crippen LogP contribution in [-0.4, -0.2) is 27.6 Å². The van der Waals surface area contributed by atoms with E-state index in [1.165, 1.54) is 17.8 Å². The lowest BCUT2D eigenvalue weighted by Gasteiger charge is -2.31. The van der Waals surface area contributed by atoms with E-state index >= 15 is 0 Å². The summed E-state index contributed by atoms with van der Waals surface area (Å²) in [5, 5.41) is 0.0693. The molecule has 0 N–H and O–H groups in total. The van der Waals surface area contributed by atoms with Crippen molar-refractivity contribution in [2.75, 3.05) is 12.4 Å². The first-order valence-electron chi connectivity index (χ1n) is 6.13. The molecule has 0 saturated heterocycles. The molecule has 1 aromatic carbocycles. The fraction of sp³-hybridized carbons (Fsp3) is 0.462. The van der Waals surface area contributed by atoms with Gasteiger partial charge in [0.1, 0.15) is 5.82 Å². The van der Waals surface area contributed by atoms with Crippen molar-refractivity contribution >= 4 is 40.6 Å². The Morgan fingerprint density at radius 2 is 2.35 bits per heavy atom. The van der Waals surface area contributed by atoms with Gasteiger partial charge in [-0.1, -0.05) is 18.5 Å². The fourth-order valence-corrected chi connectivity index (χ4v) is 5.58. The van der Waals surface area contributed by atoms with Crippen molar-refractivity contribution in [2.45, 2.75) is 22.8 Å². The molecular weight excluding hydrogens is 323 g/mol. The minimum absolute atomic E-state index is 0.0693. The highest BCUT2D eigenvalue weighted by molar-refractivity contribution is 8.11. The van der Waals surface area contributed by atoms with Crippen molar-refractivity contribution in [2.24, 2.45) is 5.92 Å². The maximum atomic E-state index is 13.5. The Morgan fingerprint density at radius 3 is 3.00 bits per heavy atom. The summed E-state index contributed by atoms with van der Waals surface area (Å²) in [6, 6.07) is 2.98. The molecule has 110 valence electrons. The van der Waals surface area contributed by atoms with Gasteiger partial charge in [-0.05, 0) is 24.1 Å². The van der Waals surface area contributed by atoms with Crippen LogP contribution >= 0.6 is 23.4 Å². The van der Waals surface area contributed by atoms with Gasteiger partial charge in [0.25, 0.3) is 6.47 Å². The van der Waals surface area contributed by atoms with Gasteiger partial charge in [-0.25, -0.2) is 4.39 Å². The summed E-state index contributed by atoms with van der Waals surface area (Å²) in [5.41, 5.74) is 0.820. The molecule has 0 aromatic heterocycles. The van der Waals surface area contributed by atoms with Gasteiger partial charge in [0, 0.05) is 27.4 Å². The summed E-state index contributed by atoms with van der Waals surface area (Å²) in [6.07, 6.45) is 0.528. The number of ether oxygens (including phenoxy) is 1. The fourth-order valence-electron chi connectivity index (χ4n) is 2.17. The predicted octanol–water partition coefficient (Wildman–Crippen LogP) is 3.01. The molecule has 0 spiro atoms. The van der Waals surface area contributed by atoms with Crippen LogP contribution in [0.25, 0.3) is 0 Å². The molecule has 20 heavy (non-hydrogen) atoms. The zero-order valence-corrected chi connectivity index (χ0v) is 13.2. The van der Waals surface area contributed by atoms with Crippen LogP contribution in [0.1, 0.15) is 12.5 Å². The van der Waals surface area contributed by atoms with E-state index < -0.39 is 16.6 Å². The molecule has 3 nitrogen and oxygen atoms in total. The standard InChI is InChI=1S/C13H14ClFO3S2/c1-2-20(17)13-9(6-18-7-16)3-8-4-11(15)10(14)5-12(8)19-13/h4-5,7,9,13H,2-3,6H2,1H3. The molecule has 1 aliphatic rings. The van der Waals surface area contributed by atoms with Gasteiger partial charge in [-0.15, -0.1) is 11.8 Å². The lowest BCUT2D eigenvalue weighted by atomic mass is 10.0. The molecule has 1 aliphatic heterocycles. The topological polar surface area (TPSA) is 43.4 Å². The van der Waals surface area contributed by atoms with E-state index in [9.17, 15) is 13.4 Å². The normalized spacial score (nSPS) is 22.9. The highest BCUT2D eigenvalue weighted by Crippen LogP contribution is 2.42. The summed E-state index contributed by atoms with van der Waals surface area (Å²) in [5.74, 6) is -0.0188. The van der Waals surface area contributed by atoms with Crippen LogP contribution in [0.4, 0.5) is 4.39 Å². The van der Waals surface area contributed by atoms with Gasteiger partial charge in [0.2, 0.25) is 0 Å². The van der Waals surface area contributed by atoms with E-state index in [4.69, 9.17) is 16.3 Å². The number of thioether (sulfide) groups is 1. The Kier molecular flexibility index (Phi) is 5.46. The van der Waals surface area contributed by atoms with Crippen LogP contribution < -0.4 is 0 Å². The quantitative estimate of drug-likeness (QED) is 0.775. The van der Waals surface area contributed by atoms with Crippen molar-refractivity contribution in [1.29, 1.82) is 0 Å². The number of hydrogen-bond acceptors (Lipinski definition) is 4. The Balaban J connectivity index is 2.30. The van der Waals surface area contributed by atoms with Crippen LogP contribution in [0.2, 0.25) is 5.02 Å². The van der Waals surface area contributed by atoms with E-state index in [0.29, 0.717) is 18.6 Å². The van der Waals surface area contributed by atoms with Gasteiger partial charge in [0.05, 0.1) is 16.2 Å². The number of halogens is 2. The van der Waals surface area contributed by atoms with E-state index in [1.807, 2.05) is 6.92 Å². The summed E-state index contributed by atoms with van der Waals surface area (Å²) in [6.45, 7) is 2.42. The van der Waals surface area contributed by atoms with Gasteiger partial charge in [-0.2, -0.15) is 0 Å². The maximum Gasteiger partial charge on any atom is 0.293 e. The molecule has 3 unspecified atom stereocenters. The van der Waals surface area contributed by atoms with Crippen LogP contribution in [0.15, 0.2) is 17.0 Å². The van der Waals surface area contributed by atoms with Crippen LogP contribution in [0, 0.1) is 11.7 Å². The SMILES string of the molecule is CCS(=O)C1Sc2cc(Cl)c(F)cc2CC1COC=O. The minimum atomic E-state index is -1.04. The number of carbonyl (C=O) groups excluding carboxylic acids is 1. The number of fused-ring (bicyclic) bond motifs is 1. The summed E-state index contributed by atoms with van der Waals surface area (Å²) >= 11 is 7.22. The molecule has 3 atom stereocenters. The van der Waals surface area contributed by atoms with Gasteiger partial charge in [-0.3, -0.25) is 9.00 Å². The number of rotatable bonds is 5. The van der Waals surface area contributed by atoms with Gasteiger partial charge < -0.3 is 4.74 Å². The van der Waals surface area contributed by atoms with Gasteiger partial charge in [0.15, 0.2) is 0 Å². The summed E-state index contributed by atoms with van der Waals surface area (Å²) < 4.78 is 30.3. The van der Waals surface area contributed by atoms with E-state index in [0.717, 1.165) is 10.5 Å². The minimum Gasteiger partial charge on any atom is -0.468 e. The Hall–Kier alpha value is -0.590. The van der Waals surface area contributed by atoms with Crippen LogP contribution in [-0.2, 0) is 26.8 Å². The summed E-state index contributed by atoms with van der Waals surface area (Å²) in [4.78, 5) is 11.2. The molecule has 0 radical (unpaired) electrons. The smallest absolute Gasteiger partial charge is 0.293 e. The molecule has 0 aliphatic carbocycles. The third-order valence-electron chi connectivity index (χ3n) is 3.14. The van der Waals surface area contributed by atoms with E-state index in [2.05, 4.69) is 0 Å². The lowest BCUT2D eigenvalue weighted by molar-refractivity contribution is -0.129. The third kappa shape index (κ3) is 3.35. The van der Waals surface area contributed by atoms with E-state index in [1.54, 1.807) is 6.07 Å². The monoisotopic (exact) mass is 336 g/mol. The molecule has 0 saturated carbocycles. The number of hydrogen-bond donors (Lipinski definition) is 0. The first kappa shape index (κ1) is 15.8. The average molecular weight is 337 g/mol. The number of carbonyl (C=O) groups is 1. The third-order valence-corrected chi connectivity index (χ3v) is 7.08. The predicted molar refractivity (Wildman–Crippen MR) is 78.9 cm³/mol. The van der Waals surface area contributed by atoms with Crippen LogP contribution in [0.3, 0.4) is 0 Å². The van der Waals surface area contributed by atoms with Gasteiger partial charge >= 0.3 is 0 Å². The second-order valence-electron chi connectivity index (χ2n) is 4.42. The number of benzene rings is 1. The zero-order valence-electron chi connectivity index (χ0n) is 10.8. The molecule has 0 bridgehead atoms. The molecule has 1 aromatic rings. The molecular formula is C13H14ClFO3S2.